The third-order valence-corrected chi connectivity index (χ3v) is 6.94. The quantitative estimate of drug-likeness (QED) is 0.255. The Morgan fingerprint density at radius 3 is 2.61 bits per heavy atom. The second-order valence-electron chi connectivity index (χ2n) is 7.22. The molecule has 0 aliphatic heterocycles. The van der Waals surface area contributed by atoms with Gasteiger partial charge in [-0.05, 0) is 38.5 Å². The molecular weight excluding hydrogens is 460 g/mol. The van der Waals surface area contributed by atoms with E-state index in [1.54, 1.807) is 6.08 Å². The van der Waals surface area contributed by atoms with Crippen molar-refractivity contribution in [1.82, 2.24) is 14.8 Å². The van der Waals surface area contributed by atoms with Crippen LogP contribution in [-0.4, -0.2) is 39.5 Å². The predicted octanol–water partition coefficient (Wildman–Crippen LogP) is 4.55. The number of carbonyl (C=O) groups is 2. The van der Waals surface area contributed by atoms with Gasteiger partial charge in [0.25, 0.3) is 0 Å². The van der Waals surface area contributed by atoms with Crippen LogP contribution in [0.3, 0.4) is 0 Å². The Kier molecular flexibility index (Phi) is 8.29. The minimum atomic E-state index is -0.469. The van der Waals surface area contributed by atoms with Gasteiger partial charge in [-0.1, -0.05) is 35.5 Å². The SMILES string of the molecule is C=CCn1c(COc2ccc(C)cc2)nnc1SCC(=O)Nc1sc(C)c(C)c1C(=O)OC. The van der Waals surface area contributed by atoms with Crippen molar-refractivity contribution >= 4 is 40.0 Å². The first-order valence-electron chi connectivity index (χ1n) is 10.2. The molecule has 2 heterocycles. The van der Waals surface area contributed by atoms with Gasteiger partial charge in [-0.2, -0.15) is 0 Å². The van der Waals surface area contributed by atoms with E-state index in [2.05, 4.69) is 22.1 Å². The topological polar surface area (TPSA) is 95.3 Å². The average Bonchev–Trinajstić information content (AvgIpc) is 3.31. The van der Waals surface area contributed by atoms with Crippen LogP contribution >= 0.6 is 23.1 Å². The highest BCUT2D eigenvalue weighted by atomic mass is 32.2. The largest absolute Gasteiger partial charge is 0.486 e. The molecule has 8 nitrogen and oxygen atoms in total. The fourth-order valence-electron chi connectivity index (χ4n) is 2.98. The summed E-state index contributed by atoms with van der Waals surface area (Å²) in [7, 11) is 1.32. The molecule has 3 aromatic rings. The molecule has 33 heavy (non-hydrogen) atoms. The van der Waals surface area contributed by atoms with Crippen LogP contribution in [0.15, 0.2) is 42.1 Å². The van der Waals surface area contributed by atoms with Crippen molar-refractivity contribution in [2.45, 2.75) is 39.1 Å². The lowest BCUT2D eigenvalue weighted by Crippen LogP contribution is -2.16. The normalized spacial score (nSPS) is 10.7. The Morgan fingerprint density at radius 1 is 1.21 bits per heavy atom. The fraction of sp³-hybridized carbons (Fsp3) is 0.304. The molecule has 1 aromatic carbocycles. The van der Waals surface area contributed by atoms with Crippen molar-refractivity contribution in [3.05, 3.63) is 64.3 Å². The van der Waals surface area contributed by atoms with Crippen molar-refractivity contribution < 1.29 is 19.1 Å². The van der Waals surface area contributed by atoms with Gasteiger partial charge in [0.15, 0.2) is 11.0 Å². The van der Waals surface area contributed by atoms with Crippen molar-refractivity contribution in [2.24, 2.45) is 0 Å². The first kappa shape index (κ1) is 24.5. The molecule has 10 heteroatoms. The van der Waals surface area contributed by atoms with Gasteiger partial charge in [-0.25, -0.2) is 4.79 Å². The summed E-state index contributed by atoms with van der Waals surface area (Å²) in [5.41, 5.74) is 2.35. The van der Waals surface area contributed by atoms with Crippen LogP contribution in [-0.2, 0) is 22.7 Å². The summed E-state index contributed by atoms with van der Waals surface area (Å²) in [4.78, 5) is 25.7. The van der Waals surface area contributed by atoms with Crippen molar-refractivity contribution in [2.75, 3.05) is 18.2 Å². The van der Waals surface area contributed by atoms with Crippen molar-refractivity contribution in [3.63, 3.8) is 0 Å². The molecular formula is C23H26N4O4S2. The lowest BCUT2D eigenvalue weighted by molar-refractivity contribution is -0.113. The van der Waals surface area contributed by atoms with E-state index in [-0.39, 0.29) is 18.3 Å². The second-order valence-corrected chi connectivity index (χ2v) is 9.38. The van der Waals surface area contributed by atoms with Gasteiger partial charge in [-0.15, -0.1) is 28.1 Å². The third kappa shape index (κ3) is 6.02. The number of methoxy groups -OCH3 is 1. The number of amides is 1. The van der Waals surface area contributed by atoms with Gasteiger partial charge in [0.05, 0.1) is 18.4 Å². The van der Waals surface area contributed by atoms with Crippen LogP contribution in [0.25, 0.3) is 0 Å². The molecule has 3 rings (SSSR count). The molecule has 0 aliphatic carbocycles. The maximum atomic E-state index is 12.6. The van der Waals surface area contributed by atoms with Gasteiger partial charge >= 0.3 is 5.97 Å². The lowest BCUT2D eigenvalue weighted by atomic mass is 10.1. The molecule has 174 valence electrons. The summed E-state index contributed by atoms with van der Waals surface area (Å²) in [5, 5.41) is 12.3. The highest BCUT2D eigenvalue weighted by Gasteiger charge is 2.22. The van der Waals surface area contributed by atoms with Crippen LogP contribution in [0.5, 0.6) is 5.75 Å². The minimum absolute atomic E-state index is 0.102. The van der Waals surface area contributed by atoms with E-state index in [0.717, 1.165) is 21.8 Å². The summed E-state index contributed by atoms with van der Waals surface area (Å²) >= 11 is 2.60. The standard InChI is InChI=1S/C23H26N4O4S2/c1-6-11-27-18(12-31-17-9-7-14(2)8-10-17)25-26-23(27)32-13-19(28)24-21-20(22(29)30-5)15(3)16(4)33-21/h6-10H,1,11-13H2,2-5H3,(H,24,28). The number of anilines is 1. The predicted molar refractivity (Wildman–Crippen MR) is 130 cm³/mol. The van der Waals surface area contributed by atoms with Gasteiger partial charge in [-0.3, -0.25) is 9.36 Å². The van der Waals surface area contributed by atoms with Gasteiger partial charge < -0.3 is 14.8 Å². The van der Waals surface area contributed by atoms with E-state index in [1.807, 2.05) is 49.6 Å². The van der Waals surface area contributed by atoms with Crippen molar-refractivity contribution in [1.29, 1.82) is 0 Å². The number of nitrogens with one attached hydrogen (secondary N) is 1. The van der Waals surface area contributed by atoms with Gasteiger partial charge in [0.2, 0.25) is 5.91 Å². The summed E-state index contributed by atoms with van der Waals surface area (Å²) in [6.45, 7) is 10.3. The van der Waals surface area contributed by atoms with E-state index in [0.29, 0.717) is 28.1 Å². The minimum Gasteiger partial charge on any atom is -0.486 e. The fourth-order valence-corrected chi connectivity index (χ4v) is 4.81. The van der Waals surface area contributed by atoms with Crippen LogP contribution in [0.2, 0.25) is 0 Å². The van der Waals surface area contributed by atoms with E-state index in [4.69, 9.17) is 9.47 Å². The number of nitrogens with zero attached hydrogens (tertiary/aromatic N) is 3. The molecule has 2 aromatic heterocycles. The Labute approximate surface area is 201 Å². The number of ether oxygens (including phenoxy) is 2. The first-order chi connectivity index (χ1) is 15.8. The number of hydrogen-bond donors (Lipinski definition) is 1. The number of carbonyl (C=O) groups excluding carboxylic acids is 2. The highest BCUT2D eigenvalue weighted by Crippen LogP contribution is 2.33. The third-order valence-electron chi connectivity index (χ3n) is 4.85. The maximum absolute atomic E-state index is 12.6. The summed E-state index contributed by atoms with van der Waals surface area (Å²) in [5.74, 6) is 0.756. The monoisotopic (exact) mass is 486 g/mol. The number of rotatable bonds is 10. The van der Waals surface area contributed by atoms with E-state index >= 15 is 0 Å². The zero-order chi connectivity index (χ0) is 24.0. The van der Waals surface area contributed by atoms with Crippen LogP contribution in [0.4, 0.5) is 5.00 Å². The molecule has 0 saturated carbocycles. The molecule has 0 unspecified atom stereocenters. The smallest absolute Gasteiger partial charge is 0.341 e. The molecule has 1 N–H and O–H groups in total. The Morgan fingerprint density at radius 2 is 1.94 bits per heavy atom. The molecule has 0 bridgehead atoms. The average molecular weight is 487 g/mol. The number of hydrogen-bond acceptors (Lipinski definition) is 8. The zero-order valence-electron chi connectivity index (χ0n) is 19.0. The van der Waals surface area contributed by atoms with Crippen LogP contribution in [0.1, 0.15) is 32.2 Å². The number of thioether (sulfide) groups is 1. The maximum Gasteiger partial charge on any atom is 0.341 e. The molecule has 0 radical (unpaired) electrons. The van der Waals surface area contributed by atoms with E-state index in [9.17, 15) is 9.59 Å². The van der Waals surface area contributed by atoms with E-state index in [1.165, 1.54) is 30.2 Å². The van der Waals surface area contributed by atoms with Crippen molar-refractivity contribution in [3.8, 4) is 5.75 Å². The van der Waals surface area contributed by atoms with Gasteiger partial charge in [0, 0.05) is 11.4 Å². The molecule has 1 amide bonds. The van der Waals surface area contributed by atoms with Crippen LogP contribution in [0, 0.1) is 20.8 Å². The Hall–Kier alpha value is -3.11. The first-order valence-corrected chi connectivity index (χ1v) is 12.0. The molecule has 0 fully saturated rings. The van der Waals surface area contributed by atoms with Gasteiger partial charge in [0.1, 0.15) is 17.4 Å². The number of allylic oxidation sites excluding steroid dienone is 1. The summed E-state index contributed by atoms with van der Waals surface area (Å²) < 4.78 is 12.5. The Balaban J connectivity index is 1.65. The molecule has 0 aliphatic rings. The number of esters is 1. The van der Waals surface area contributed by atoms with Crippen LogP contribution < -0.4 is 10.1 Å². The second kappa shape index (κ2) is 11.2. The van der Waals surface area contributed by atoms with E-state index < -0.39 is 5.97 Å². The molecule has 0 atom stereocenters. The summed E-state index contributed by atoms with van der Waals surface area (Å²) in [6, 6.07) is 7.76. The number of benzene rings is 1. The molecule has 0 saturated heterocycles. The molecule has 0 spiro atoms. The highest BCUT2D eigenvalue weighted by molar-refractivity contribution is 7.99. The number of aryl methyl sites for hydroxylation is 2. The number of thiophene rings is 1. The Bertz CT molecular complexity index is 1150. The lowest BCUT2D eigenvalue weighted by Gasteiger charge is -2.09. The number of aromatic nitrogens is 3. The zero-order valence-corrected chi connectivity index (χ0v) is 20.6. The summed E-state index contributed by atoms with van der Waals surface area (Å²) in [6.07, 6.45) is 1.74.